The molecule has 0 unspecified atom stereocenters. The van der Waals surface area contributed by atoms with E-state index in [9.17, 15) is 18.5 Å². The maximum Gasteiger partial charge on any atom is 0.294 e. The quantitative estimate of drug-likeness (QED) is 0.352. The molecular formula is C16H21N5O4S. The molecule has 1 fully saturated rings. The van der Waals surface area contributed by atoms with E-state index in [0.717, 1.165) is 6.54 Å². The van der Waals surface area contributed by atoms with Crippen LogP contribution < -0.4 is 11.1 Å². The highest BCUT2D eigenvalue weighted by molar-refractivity contribution is 7.85. The molecule has 0 aliphatic carbocycles. The number of hydrogen-bond acceptors (Lipinski definition) is 7. The molecule has 0 spiro atoms. The van der Waals surface area contributed by atoms with E-state index in [0.29, 0.717) is 38.4 Å². The summed E-state index contributed by atoms with van der Waals surface area (Å²) >= 11 is 0. The second-order valence-corrected chi connectivity index (χ2v) is 7.16. The van der Waals surface area contributed by atoms with E-state index in [4.69, 9.17) is 10.3 Å². The molecule has 0 bridgehead atoms. The minimum Gasteiger partial charge on any atom is -0.360 e. The molecule has 2 rings (SSSR count). The standard InChI is InChI=1S/C16H21N5O4S/c17-4-5-20-6-8-21(9-7-20)16(22)13(11-18)12-19-14-2-1-3-15(10-14)26(23,24)25/h1-3,10,12,19H,4-9,17H2,(H,23,24,25)/b13-12-. The highest BCUT2D eigenvalue weighted by Gasteiger charge is 2.23. The third-order valence-corrected chi connectivity index (χ3v) is 4.82. The van der Waals surface area contributed by atoms with Crippen LogP contribution in [0.3, 0.4) is 0 Å². The molecule has 4 N–H and O–H groups in total. The Morgan fingerprint density at radius 3 is 2.62 bits per heavy atom. The lowest BCUT2D eigenvalue weighted by Crippen LogP contribution is -2.50. The first-order valence-corrected chi connectivity index (χ1v) is 9.45. The van der Waals surface area contributed by atoms with Crippen LogP contribution in [0.5, 0.6) is 0 Å². The average Bonchev–Trinajstić information content (AvgIpc) is 2.62. The minimum atomic E-state index is -4.33. The second-order valence-electron chi connectivity index (χ2n) is 5.74. The number of benzene rings is 1. The van der Waals surface area contributed by atoms with E-state index >= 15 is 0 Å². The van der Waals surface area contributed by atoms with Gasteiger partial charge in [-0.2, -0.15) is 13.7 Å². The number of carbonyl (C=O) groups excluding carboxylic acids is 1. The van der Waals surface area contributed by atoms with Gasteiger partial charge in [-0.05, 0) is 18.2 Å². The smallest absolute Gasteiger partial charge is 0.294 e. The molecule has 1 aromatic carbocycles. The zero-order valence-electron chi connectivity index (χ0n) is 14.1. The Hall–Kier alpha value is -2.45. The molecule has 0 aromatic heterocycles. The van der Waals surface area contributed by atoms with E-state index in [1.54, 1.807) is 11.0 Å². The summed E-state index contributed by atoms with van der Waals surface area (Å²) in [7, 11) is -4.33. The van der Waals surface area contributed by atoms with E-state index in [2.05, 4.69) is 10.2 Å². The first-order chi connectivity index (χ1) is 12.3. The molecule has 1 saturated heterocycles. The zero-order chi connectivity index (χ0) is 19.2. The molecule has 1 heterocycles. The fourth-order valence-corrected chi connectivity index (χ4v) is 3.10. The van der Waals surface area contributed by atoms with E-state index in [1.165, 1.54) is 24.4 Å². The predicted octanol–water partition coefficient (Wildman–Crippen LogP) is -0.144. The van der Waals surface area contributed by atoms with Gasteiger partial charge in [0.15, 0.2) is 0 Å². The molecule has 0 saturated carbocycles. The lowest BCUT2D eigenvalue weighted by Gasteiger charge is -2.34. The zero-order valence-corrected chi connectivity index (χ0v) is 14.9. The predicted molar refractivity (Wildman–Crippen MR) is 95.6 cm³/mol. The Kier molecular flexibility index (Phi) is 6.70. The van der Waals surface area contributed by atoms with Crippen molar-refractivity contribution in [3.63, 3.8) is 0 Å². The summed E-state index contributed by atoms with van der Waals surface area (Å²) in [5, 5.41) is 12.0. The maximum atomic E-state index is 12.5. The van der Waals surface area contributed by atoms with Crippen molar-refractivity contribution in [2.45, 2.75) is 4.90 Å². The summed E-state index contributed by atoms with van der Waals surface area (Å²) in [5.41, 5.74) is 5.76. The van der Waals surface area contributed by atoms with E-state index < -0.39 is 16.0 Å². The van der Waals surface area contributed by atoms with Gasteiger partial charge in [0.05, 0.1) is 4.90 Å². The summed E-state index contributed by atoms with van der Waals surface area (Å²) in [5.74, 6) is -0.390. The highest BCUT2D eigenvalue weighted by Crippen LogP contribution is 2.16. The first kappa shape index (κ1) is 19.9. The number of piperazine rings is 1. The van der Waals surface area contributed by atoms with Crippen LogP contribution >= 0.6 is 0 Å². The van der Waals surface area contributed by atoms with Gasteiger partial charge in [0.25, 0.3) is 16.0 Å². The minimum absolute atomic E-state index is 0.0884. The van der Waals surface area contributed by atoms with Crippen molar-refractivity contribution >= 4 is 21.7 Å². The van der Waals surface area contributed by atoms with Crippen LogP contribution in [0.2, 0.25) is 0 Å². The summed E-state index contributed by atoms with van der Waals surface area (Å²) in [4.78, 5) is 15.9. The molecule has 9 nitrogen and oxygen atoms in total. The topological polar surface area (TPSA) is 140 Å². The number of rotatable bonds is 6. The Bertz CT molecular complexity index is 823. The molecule has 1 aliphatic heterocycles. The molecule has 0 radical (unpaired) electrons. The molecule has 1 aliphatic rings. The normalized spacial score (nSPS) is 16.2. The van der Waals surface area contributed by atoms with Crippen molar-refractivity contribution in [1.82, 2.24) is 9.80 Å². The van der Waals surface area contributed by atoms with Crippen LogP contribution in [-0.4, -0.2) is 67.9 Å². The number of nitrogens with two attached hydrogens (primary N) is 1. The van der Waals surface area contributed by atoms with Crippen molar-refractivity contribution in [2.24, 2.45) is 5.73 Å². The fraction of sp³-hybridized carbons (Fsp3) is 0.375. The van der Waals surface area contributed by atoms with Crippen LogP contribution in [0.25, 0.3) is 0 Å². The van der Waals surface area contributed by atoms with Gasteiger partial charge < -0.3 is 16.0 Å². The van der Waals surface area contributed by atoms with Crippen LogP contribution in [-0.2, 0) is 14.9 Å². The second kappa shape index (κ2) is 8.77. The molecule has 26 heavy (non-hydrogen) atoms. The van der Waals surface area contributed by atoms with Gasteiger partial charge in [0.1, 0.15) is 11.6 Å². The first-order valence-electron chi connectivity index (χ1n) is 8.01. The van der Waals surface area contributed by atoms with Crippen molar-refractivity contribution in [3.05, 3.63) is 36.0 Å². The van der Waals surface area contributed by atoms with Crippen LogP contribution in [0.15, 0.2) is 40.9 Å². The Balaban J connectivity index is 2.04. The monoisotopic (exact) mass is 379 g/mol. The number of nitrogens with zero attached hydrogens (tertiary/aromatic N) is 3. The Morgan fingerprint density at radius 2 is 2.04 bits per heavy atom. The summed E-state index contributed by atoms with van der Waals surface area (Å²) in [6.07, 6.45) is 1.23. The van der Waals surface area contributed by atoms with Gasteiger partial charge in [-0.15, -0.1) is 0 Å². The molecule has 0 atom stereocenters. The van der Waals surface area contributed by atoms with Crippen molar-refractivity contribution in [3.8, 4) is 6.07 Å². The van der Waals surface area contributed by atoms with Gasteiger partial charge in [0.2, 0.25) is 0 Å². The highest BCUT2D eigenvalue weighted by atomic mass is 32.2. The van der Waals surface area contributed by atoms with Crippen LogP contribution in [0, 0.1) is 11.3 Å². The molecular weight excluding hydrogens is 358 g/mol. The largest absolute Gasteiger partial charge is 0.360 e. The van der Waals surface area contributed by atoms with Gasteiger partial charge in [-0.25, -0.2) is 0 Å². The van der Waals surface area contributed by atoms with Crippen molar-refractivity contribution in [1.29, 1.82) is 5.26 Å². The number of carbonyl (C=O) groups is 1. The SMILES string of the molecule is N#C/C(=C/Nc1cccc(S(=O)(=O)O)c1)C(=O)N1CCN(CCN)CC1. The summed E-state index contributed by atoms with van der Waals surface area (Å²) < 4.78 is 31.4. The molecule has 140 valence electrons. The number of nitrogens with one attached hydrogen (secondary N) is 1. The third kappa shape index (κ3) is 5.27. The van der Waals surface area contributed by atoms with Gasteiger partial charge >= 0.3 is 0 Å². The average molecular weight is 379 g/mol. The molecule has 10 heteroatoms. The number of anilines is 1. The lowest BCUT2D eigenvalue weighted by molar-refractivity contribution is -0.128. The van der Waals surface area contributed by atoms with Crippen molar-refractivity contribution < 1.29 is 17.8 Å². The van der Waals surface area contributed by atoms with Crippen LogP contribution in [0.4, 0.5) is 5.69 Å². The molecule has 1 aromatic rings. The summed E-state index contributed by atoms with van der Waals surface area (Å²) in [6.45, 7) is 3.75. The van der Waals surface area contributed by atoms with Crippen molar-refractivity contribution in [2.75, 3.05) is 44.6 Å². The van der Waals surface area contributed by atoms with Gasteiger partial charge in [0, 0.05) is 51.2 Å². The third-order valence-electron chi connectivity index (χ3n) is 3.97. The maximum absolute atomic E-state index is 12.5. The fourth-order valence-electron chi connectivity index (χ4n) is 2.57. The number of amides is 1. The summed E-state index contributed by atoms with van der Waals surface area (Å²) in [6, 6.07) is 7.29. The van der Waals surface area contributed by atoms with E-state index in [-0.39, 0.29) is 10.5 Å². The van der Waals surface area contributed by atoms with Gasteiger partial charge in [-0.1, -0.05) is 6.07 Å². The Morgan fingerprint density at radius 1 is 1.35 bits per heavy atom. The number of nitriles is 1. The Labute approximate surface area is 152 Å². The van der Waals surface area contributed by atoms with E-state index in [1.807, 2.05) is 6.07 Å². The lowest BCUT2D eigenvalue weighted by atomic mass is 10.2. The number of hydrogen-bond donors (Lipinski definition) is 3. The van der Waals surface area contributed by atoms with Crippen LogP contribution in [0.1, 0.15) is 0 Å². The molecule has 1 amide bonds. The van der Waals surface area contributed by atoms with Gasteiger partial charge in [-0.3, -0.25) is 14.2 Å².